The van der Waals surface area contributed by atoms with Gasteiger partial charge in [-0.15, -0.1) is 36.2 Å². The Kier molecular flexibility index (Phi) is 10.1. The molecule has 0 aliphatic carbocycles. The maximum atomic E-state index is 11.8. The summed E-state index contributed by atoms with van der Waals surface area (Å²) in [6, 6.07) is 0. The van der Waals surface area contributed by atoms with Crippen molar-refractivity contribution in [3.63, 3.8) is 0 Å². The number of thiazole rings is 1. The number of carbonyl (C=O) groups excluding carboxylic acids is 1. The molecule has 1 atom stereocenters. The Bertz CT molecular complexity index is 423. The Morgan fingerprint density at radius 2 is 2.33 bits per heavy atom. The molecule has 0 bridgehead atoms. The van der Waals surface area contributed by atoms with Crippen LogP contribution in [-0.2, 0) is 16.0 Å². The van der Waals surface area contributed by atoms with Crippen molar-refractivity contribution >= 4 is 42.1 Å². The number of ether oxygens (including phenoxy) is 1. The van der Waals surface area contributed by atoms with Crippen molar-refractivity contribution < 1.29 is 9.53 Å². The highest BCUT2D eigenvalue weighted by Gasteiger charge is 2.21. The number of carbonyl (C=O) groups is 1. The van der Waals surface area contributed by atoms with Gasteiger partial charge in [-0.2, -0.15) is 0 Å². The molecular formula is C13H23Cl2N3O2S. The Morgan fingerprint density at radius 1 is 1.57 bits per heavy atom. The average molecular weight is 356 g/mol. The smallest absolute Gasteiger partial charge is 0.250 e. The molecule has 0 saturated carbocycles. The molecule has 1 aromatic rings. The third kappa shape index (κ3) is 6.48. The van der Waals surface area contributed by atoms with Crippen LogP contribution in [0.4, 0.5) is 0 Å². The molecule has 1 unspecified atom stereocenters. The van der Waals surface area contributed by atoms with Crippen molar-refractivity contribution in [3.8, 4) is 0 Å². The number of morpholine rings is 1. The molecular weight excluding hydrogens is 333 g/mol. The van der Waals surface area contributed by atoms with Gasteiger partial charge in [-0.25, -0.2) is 4.98 Å². The molecule has 5 nitrogen and oxygen atoms in total. The van der Waals surface area contributed by atoms with Gasteiger partial charge >= 0.3 is 0 Å². The van der Waals surface area contributed by atoms with Crippen LogP contribution in [-0.4, -0.2) is 43.2 Å². The molecule has 1 amide bonds. The number of hydrogen-bond acceptors (Lipinski definition) is 5. The second-order valence-electron chi connectivity index (χ2n) is 4.94. The lowest BCUT2D eigenvalue weighted by molar-refractivity contribution is -0.134. The van der Waals surface area contributed by atoms with Crippen molar-refractivity contribution in [2.45, 2.75) is 32.3 Å². The maximum Gasteiger partial charge on any atom is 0.250 e. The van der Waals surface area contributed by atoms with Crippen LogP contribution in [0.5, 0.6) is 0 Å². The van der Waals surface area contributed by atoms with Gasteiger partial charge in [-0.3, -0.25) is 4.79 Å². The zero-order valence-corrected chi connectivity index (χ0v) is 14.7. The maximum absolute atomic E-state index is 11.8. The lowest BCUT2D eigenvalue weighted by atomic mass is 10.2. The topological polar surface area (TPSA) is 63.2 Å². The van der Waals surface area contributed by atoms with Crippen molar-refractivity contribution in [1.82, 2.24) is 15.6 Å². The first-order valence-electron chi connectivity index (χ1n) is 6.71. The van der Waals surface area contributed by atoms with Crippen LogP contribution in [0.2, 0.25) is 0 Å². The Hall–Kier alpha value is -0.400. The van der Waals surface area contributed by atoms with E-state index in [-0.39, 0.29) is 36.8 Å². The highest BCUT2D eigenvalue weighted by Crippen LogP contribution is 2.19. The number of amides is 1. The molecule has 0 aromatic carbocycles. The van der Waals surface area contributed by atoms with Crippen molar-refractivity contribution in [2.24, 2.45) is 0 Å². The number of nitrogens with one attached hydrogen (secondary N) is 2. The summed E-state index contributed by atoms with van der Waals surface area (Å²) in [5, 5.41) is 9.27. The van der Waals surface area contributed by atoms with Gasteiger partial charge in [0.05, 0.1) is 17.3 Å². The van der Waals surface area contributed by atoms with Crippen LogP contribution in [0.1, 0.15) is 30.5 Å². The molecule has 1 aliphatic heterocycles. The average Bonchev–Trinajstić information content (AvgIpc) is 2.89. The summed E-state index contributed by atoms with van der Waals surface area (Å²) in [4.78, 5) is 16.4. The summed E-state index contributed by atoms with van der Waals surface area (Å²) in [6.07, 6.45) is 0.421. The first kappa shape index (κ1) is 20.6. The molecule has 2 rings (SSSR count). The highest BCUT2D eigenvalue weighted by atomic mass is 35.5. The molecule has 8 heteroatoms. The second kappa shape index (κ2) is 10.3. The van der Waals surface area contributed by atoms with Crippen LogP contribution in [0.15, 0.2) is 5.38 Å². The third-order valence-corrected chi connectivity index (χ3v) is 4.16. The molecule has 2 heterocycles. The van der Waals surface area contributed by atoms with E-state index < -0.39 is 0 Å². The van der Waals surface area contributed by atoms with Gasteiger partial charge in [0.2, 0.25) is 5.91 Å². The standard InChI is InChI=1S/C13H21N3O2S.2ClH/c1-9(2)13-16-10(8-19-13)3-4-15-12(17)11-7-14-5-6-18-11;;/h8-9,11,14H,3-7H2,1-2H3,(H,15,17);2*1H. The predicted molar refractivity (Wildman–Crippen MR) is 90.0 cm³/mol. The number of hydrogen-bond donors (Lipinski definition) is 2. The normalized spacial score (nSPS) is 17.8. The van der Waals surface area contributed by atoms with E-state index in [4.69, 9.17) is 4.74 Å². The molecule has 122 valence electrons. The van der Waals surface area contributed by atoms with E-state index >= 15 is 0 Å². The highest BCUT2D eigenvalue weighted by molar-refractivity contribution is 7.09. The van der Waals surface area contributed by atoms with Crippen LogP contribution < -0.4 is 10.6 Å². The zero-order valence-electron chi connectivity index (χ0n) is 12.3. The third-order valence-electron chi connectivity index (χ3n) is 2.96. The summed E-state index contributed by atoms with van der Waals surface area (Å²) < 4.78 is 5.39. The van der Waals surface area contributed by atoms with Crippen molar-refractivity contribution in [2.75, 3.05) is 26.2 Å². The Labute approximate surface area is 142 Å². The number of nitrogens with zero attached hydrogens (tertiary/aromatic N) is 1. The summed E-state index contributed by atoms with van der Waals surface area (Å²) in [5.41, 5.74) is 1.05. The van der Waals surface area contributed by atoms with E-state index in [2.05, 4.69) is 34.8 Å². The van der Waals surface area contributed by atoms with Gasteiger partial charge in [-0.1, -0.05) is 13.8 Å². The Balaban J connectivity index is 0.00000200. The molecule has 0 radical (unpaired) electrons. The summed E-state index contributed by atoms with van der Waals surface area (Å²) >= 11 is 1.69. The number of rotatable bonds is 5. The monoisotopic (exact) mass is 355 g/mol. The molecule has 21 heavy (non-hydrogen) atoms. The summed E-state index contributed by atoms with van der Waals surface area (Å²) in [6.45, 7) is 6.90. The molecule has 1 fully saturated rings. The fourth-order valence-corrected chi connectivity index (χ4v) is 2.73. The molecule has 0 spiro atoms. The van der Waals surface area contributed by atoms with Crippen LogP contribution in [0, 0.1) is 0 Å². The fraction of sp³-hybridized carbons (Fsp3) is 0.692. The summed E-state index contributed by atoms with van der Waals surface area (Å²) in [5.74, 6) is 0.432. The minimum Gasteiger partial charge on any atom is -0.366 e. The quantitative estimate of drug-likeness (QED) is 0.844. The minimum atomic E-state index is -0.351. The second-order valence-corrected chi connectivity index (χ2v) is 5.83. The van der Waals surface area contributed by atoms with Crippen molar-refractivity contribution in [1.29, 1.82) is 0 Å². The number of aromatic nitrogens is 1. The van der Waals surface area contributed by atoms with Gasteiger partial charge in [0.15, 0.2) is 0 Å². The van der Waals surface area contributed by atoms with Crippen LogP contribution >= 0.6 is 36.2 Å². The van der Waals surface area contributed by atoms with Crippen LogP contribution in [0.25, 0.3) is 0 Å². The molecule has 1 saturated heterocycles. The van der Waals surface area contributed by atoms with Gasteiger partial charge in [0, 0.05) is 37.4 Å². The van der Waals surface area contributed by atoms with E-state index in [9.17, 15) is 4.79 Å². The first-order valence-corrected chi connectivity index (χ1v) is 7.59. The van der Waals surface area contributed by atoms with E-state index in [1.807, 2.05) is 0 Å². The minimum absolute atomic E-state index is 0. The van der Waals surface area contributed by atoms with Crippen LogP contribution in [0.3, 0.4) is 0 Å². The molecule has 1 aliphatic rings. The lowest BCUT2D eigenvalue weighted by Gasteiger charge is -2.22. The fourth-order valence-electron chi connectivity index (χ4n) is 1.86. The van der Waals surface area contributed by atoms with E-state index in [0.717, 1.165) is 23.7 Å². The zero-order chi connectivity index (χ0) is 13.7. The predicted octanol–water partition coefficient (Wildman–Crippen LogP) is 1.76. The van der Waals surface area contributed by atoms with Crippen molar-refractivity contribution in [3.05, 3.63) is 16.1 Å². The number of halogens is 2. The largest absolute Gasteiger partial charge is 0.366 e. The lowest BCUT2D eigenvalue weighted by Crippen LogP contribution is -2.48. The van der Waals surface area contributed by atoms with Gasteiger partial charge in [0.25, 0.3) is 0 Å². The summed E-state index contributed by atoms with van der Waals surface area (Å²) in [7, 11) is 0. The first-order chi connectivity index (χ1) is 9.16. The SMILES string of the molecule is CC(C)c1nc(CCNC(=O)C2CNCCO2)cs1.Cl.Cl. The molecule has 2 N–H and O–H groups in total. The Morgan fingerprint density at radius 3 is 2.90 bits per heavy atom. The van der Waals surface area contributed by atoms with E-state index in [1.165, 1.54) is 0 Å². The molecule has 1 aromatic heterocycles. The van der Waals surface area contributed by atoms with Gasteiger partial charge in [0.1, 0.15) is 6.10 Å². The van der Waals surface area contributed by atoms with Gasteiger partial charge < -0.3 is 15.4 Å². The van der Waals surface area contributed by atoms with E-state index in [0.29, 0.717) is 25.6 Å². The van der Waals surface area contributed by atoms with E-state index in [1.54, 1.807) is 11.3 Å². The van der Waals surface area contributed by atoms with Gasteiger partial charge in [-0.05, 0) is 0 Å².